The molecule has 1 aliphatic carbocycles. The van der Waals surface area contributed by atoms with Crippen LogP contribution in [0.3, 0.4) is 0 Å². The monoisotopic (exact) mass is 273 g/mol. The fraction of sp³-hybridized carbons (Fsp3) is 0.467. The molecule has 1 amide bonds. The quantitative estimate of drug-likeness (QED) is 0.874. The smallest absolute Gasteiger partial charge is 0.254 e. The number of rotatable bonds is 5. The lowest BCUT2D eigenvalue weighted by molar-refractivity contribution is 0.0562. The van der Waals surface area contributed by atoms with E-state index in [0.29, 0.717) is 24.6 Å². The number of carbonyl (C=O) groups excluding carboxylic acids is 1. The van der Waals surface area contributed by atoms with E-state index in [1.807, 2.05) is 23.1 Å². The molecule has 20 heavy (non-hydrogen) atoms. The van der Waals surface area contributed by atoms with Crippen molar-refractivity contribution in [2.75, 3.05) is 13.2 Å². The van der Waals surface area contributed by atoms with E-state index in [4.69, 9.17) is 5.11 Å². The highest BCUT2D eigenvalue weighted by molar-refractivity contribution is 5.98. The number of aliphatic hydroxyl groups excluding tert-OH is 1. The van der Waals surface area contributed by atoms with Crippen molar-refractivity contribution in [1.29, 1.82) is 0 Å². The normalized spacial score (nSPS) is 15.2. The van der Waals surface area contributed by atoms with Crippen molar-refractivity contribution in [1.82, 2.24) is 15.1 Å². The first-order valence-corrected chi connectivity index (χ1v) is 7.14. The van der Waals surface area contributed by atoms with Crippen molar-refractivity contribution in [3.8, 4) is 0 Å². The van der Waals surface area contributed by atoms with Crippen molar-refractivity contribution in [3.63, 3.8) is 0 Å². The van der Waals surface area contributed by atoms with Gasteiger partial charge in [-0.05, 0) is 43.9 Å². The van der Waals surface area contributed by atoms with Gasteiger partial charge in [0.25, 0.3) is 5.91 Å². The molecule has 0 saturated heterocycles. The molecule has 2 N–H and O–H groups in total. The highest BCUT2D eigenvalue weighted by Gasteiger charge is 2.29. The summed E-state index contributed by atoms with van der Waals surface area (Å²) in [6.45, 7) is 0.751. The summed E-state index contributed by atoms with van der Waals surface area (Å²) in [7, 11) is 0. The van der Waals surface area contributed by atoms with E-state index in [2.05, 4.69) is 10.2 Å². The second-order valence-corrected chi connectivity index (χ2v) is 5.33. The largest absolute Gasteiger partial charge is 0.396 e. The van der Waals surface area contributed by atoms with Gasteiger partial charge >= 0.3 is 0 Å². The van der Waals surface area contributed by atoms with Crippen molar-refractivity contribution in [3.05, 3.63) is 30.0 Å². The van der Waals surface area contributed by atoms with Gasteiger partial charge in [-0.2, -0.15) is 5.10 Å². The molecule has 106 valence electrons. The molecular formula is C15H19N3O2. The lowest BCUT2D eigenvalue weighted by Crippen LogP contribution is -2.44. The van der Waals surface area contributed by atoms with Crippen molar-refractivity contribution in [2.45, 2.75) is 31.7 Å². The first-order valence-electron chi connectivity index (χ1n) is 7.14. The summed E-state index contributed by atoms with van der Waals surface area (Å²) in [5.41, 5.74) is 1.64. The molecule has 0 spiro atoms. The van der Waals surface area contributed by atoms with Crippen molar-refractivity contribution < 1.29 is 9.90 Å². The molecule has 0 atom stereocenters. The number of nitrogens with one attached hydrogen (secondary N) is 1. The SMILES string of the molecule is O=C(c1ccc2[nH]ncc2c1)N(CCCO)C1CCC1. The standard InChI is InChI=1S/C15H19N3O2/c19-8-2-7-18(13-3-1-4-13)15(20)11-5-6-14-12(9-11)10-16-17-14/h5-6,9-10,13,19H,1-4,7-8H2,(H,16,17). The number of hydrogen-bond acceptors (Lipinski definition) is 3. The van der Waals surface area contributed by atoms with Crippen LogP contribution in [-0.2, 0) is 0 Å². The van der Waals surface area contributed by atoms with Crippen LogP contribution in [0.5, 0.6) is 0 Å². The molecule has 1 aromatic heterocycles. The number of nitrogens with zero attached hydrogens (tertiary/aromatic N) is 2. The zero-order chi connectivity index (χ0) is 13.9. The Kier molecular flexibility index (Phi) is 3.69. The van der Waals surface area contributed by atoms with Gasteiger partial charge in [0.15, 0.2) is 0 Å². The third-order valence-corrected chi connectivity index (χ3v) is 4.02. The molecule has 0 radical (unpaired) electrons. The van der Waals surface area contributed by atoms with Gasteiger partial charge in [0.1, 0.15) is 0 Å². The predicted molar refractivity (Wildman–Crippen MR) is 76.5 cm³/mol. The molecule has 1 aromatic carbocycles. The van der Waals surface area contributed by atoms with Gasteiger partial charge in [0.05, 0.1) is 11.7 Å². The molecule has 0 bridgehead atoms. The first-order chi connectivity index (χ1) is 9.79. The average Bonchev–Trinajstić information content (AvgIpc) is 2.87. The van der Waals surface area contributed by atoms with E-state index in [9.17, 15) is 4.79 Å². The maximum absolute atomic E-state index is 12.7. The van der Waals surface area contributed by atoms with Gasteiger partial charge in [-0.3, -0.25) is 9.89 Å². The van der Waals surface area contributed by atoms with E-state index in [1.165, 1.54) is 6.42 Å². The summed E-state index contributed by atoms with van der Waals surface area (Å²) >= 11 is 0. The van der Waals surface area contributed by atoms with Crippen molar-refractivity contribution >= 4 is 16.8 Å². The number of benzene rings is 1. The first kappa shape index (κ1) is 13.1. The molecule has 1 fully saturated rings. The van der Waals surface area contributed by atoms with Gasteiger partial charge in [-0.1, -0.05) is 0 Å². The van der Waals surface area contributed by atoms with Gasteiger partial charge < -0.3 is 10.0 Å². The van der Waals surface area contributed by atoms with Crippen LogP contribution in [0.4, 0.5) is 0 Å². The number of fused-ring (bicyclic) bond motifs is 1. The summed E-state index contributed by atoms with van der Waals surface area (Å²) in [5, 5.41) is 16.8. The second-order valence-electron chi connectivity index (χ2n) is 5.33. The molecule has 5 nitrogen and oxygen atoms in total. The molecule has 3 rings (SSSR count). The van der Waals surface area contributed by atoms with Crippen LogP contribution < -0.4 is 0 Å². The fourth-order valence-electron chi connectivity index (χ4n) is 2.63. The Morgan fingerprint density at radius 1 is 1.45 bits per heavy atom. The maximum Gasteiger partial charge on any atom is 0.254 e. The summed E-state index contributed by atoms with van der Waals surface area (Å²) in [6, 6.07) is 5.95. The lowest BCUT2D eigenvalue weighted by Gasteiger charge is -2.37. The molecule has 2 aromatic rings. The maximum atomic E-state index is 12.7. The minimum atomic E-state index is 0.0613. The zero-order valence-electron chi connectivity index (χ0n) is 11.4. The molecule has 1 heterocycles. The number of aromatic amines is 1. The van der Waals surface area contributed by atoms with Crippen LogP contribution in [0.15, 0.2) is 24.4 Å². The third-order valence-electron chi connectivity index (χ3n) is 4.02. The van der Waals surface area contributed by atoms with Crippen molar-refractivity contribution in [2.24, 2.45) is 0 Å². The summed E-state index contributed by atoms with van der Waals surface area (Å²) in [5.74, 6) is 0.0613. The third kappa shape index (κ3) is 2.41. The number of carbonyl (C=O) groups is 1. The Morgan fingerprint density at radius 3 is 3.00 bits per heavy atom. The highest BCUT2D eigenvalue weighted by atomic mass is 16.3. The Bertz CT molecular complexity index is 604. The Morgan fingerprint density at radius 2 is 2.30 bits per heavy atom. The van der Waals surface area contributed by atoms with Gasteiger partial charge in [0.2, 0.25) is 0 Å². The van der Waals surface area contributed by atoms with Crippen LogP contribution in [0.2, 0.25) is 0 Å². The molecular weight excluding hydrogens is 254 g/mol. The second kappa shape index (κ2) is 5.63. The summed E-state index contributed by atoms with van der Waals surface area (Å²) in [4.78, 5) is 14.6. The molecule has 0 aliphatic heterocycles. The average molecular weight is 273 g/mol. The minimum Gasteiger partial charge on any atom is -0.396 e. The zero-order valence-corrected chi connectivity index (χ0v) is 11.4. The summed E-state index contributed by atoms with van der Waals surface area (Å²) in [6.07, 6.45) is 5.70. The van der Waals surface area contributed by atoms with Crippen LogP contribution in [-0.4, -0.2) is 45.3 Å². The van der Waals surface area contributed by atoms with Gasteiger partial charge in [-0.15, -0.1) is 0 Å². The fourth-order valence-corrected chi connectivity index (χ4v) is 2.63. The lowest BCUT2D eigenvalue weighted by atomic mass is 9.90. The summed E-state index contributed by atoms with van der Waals surface area (Å²) < 4.78 is 0. The number of hydrogen-bond donors (Lipinski definition) is 2. The van der Waals surface area contributed by atoms with Gasteiger partial charge in [0, 0.05) is 30.1 Å². The van der Waals surface area contributed by atoms with E-state index in [-0.39, 0.29) is 12.5 Å². The van der Waals surface area contributed by atoms with Crippen LogP contribution in [0.1, 0.15) is 36.0 Å². The van der Waals surface area contributed by atoms with Gasteiger partial charge in [-0.25, -0.2) is 0 Å². The molecule has 0 unspecified atom stereocenters. The Labute approximate surface area is 117 Å². The topological polar surface area (TPSA) is 69.2 Å². The molecule has 1 saturated carbocycles. The number of amides is 1. The minimum absolute atomic E-state index is 0.0613. The van der Waals surface area contributed by atoms with E-state index < -0.39 is 0 Å². The van der Waals surface area contributed by atoms with Crippen LogP contribution >= 0.6 is 0 Å². The number of H-pyrrole nitrogens is 1. The predicted octanol–water partition coefficient (Wildman–Crippen LogP) is 1.94. The highest BCUT2D eigenvalue weighted by Crippen LogP contribution is 2.27. The van der Waals surface area contributed by atoms with Crippen LogP contribution in [0, 0.1) is 0 Å². The number of aliphatic hydroxyl groups is 1. The molecule has 1 aliphatic rings. The Hall–Kier alpha value is -1.88. The van der Waals surface area contributed by atoms with E-state index in [0.717, 1.165) is 23.7 Å². The van der Waals surface area contributed by atoms with Crippen LogP contribution in [0.25, 0.3) is 10.9 Å². The van der Waals surface area contributed by atoms with E-state index >= 15 is 0 Å². The molecule has 5 heteroatoms. The Balaban J connectivity index is 1.83. The number of aromatic nitrogens is 2. The van der Waals surface area contributed by atoms with E-state index in [1.54, 1.807) is 6.20 Å².